The monoisotopic (exact) mass is 444 g/mol. The molecule has 0 aromatic heterocycles. The van der Waals surface area contributed by atoms with Crippen LogP contribution >= 0.6 is 0 Å². The fraction of sp³-hybridized carbons (Fsp3) is 0.192. The average Bonchev–Trinajstić information content (AvgIpc) is 2.83. The standard InChI is InChI=1S/C26H28N4O3/c1-18-9-8-10-19(2)25(18)30-24(32)17-28-23(31)16-27-22-14-7-6-13-21(22)26(33)29-15-20-11-4-3-5-12-20/h3-14,27H,15-17H2,1-2H3,(H,28,31)(H,29,33)(H,30,32). The Labute approximate surface area is 193 Å². The second-order valence-corrected chi connectivity index (χ2v) is 7.66. The smallest absolute Gasteiger partial charge is 0.253 e. The fourth-order valence-electron chi connectivity index (χ4n) is 3.32. The van der Waals surface area contributed by atoms with E-state index in [9.17, 15) is 14.4 Å². The number of hydrogen-bond acceptors (Lipinski definition) is 4. The predicted molar refractivity (Wildman–Crippen MR) is 130 cm³/mol. The molecule has 3 aromatic carbocycles. The first kappa shape index (κ1) is 23.5. The van der Waals surface area contributed by atoms with Crippen LogP contribution in [0.15, 0.2) is 72.8 Å². The maximum atomic E-state index is 12.6. The lowest BCUT2D eigenvalue weighted by atomic mass is 10.1. The van der Waals surface area contributed by atoms with Gasteiger partial charge < -0.3 is 21.3 Å². The summed E-state index contributed by atoms with van der Waals surface area (Å²) in [4.78, 5) is 37.1. The highest BCUT2D eigenvalue weighted by atomic mass is 16.2. The summed E-state index contributed by atoms with van der Waals surface area (Å²) in [5.41, 5.74) is 4.64. The number of nitrogens with one attached hydrogen (secondary N) is 4. The normalized spacial score (nSPS) is 10.2. The summed E-state index contributed by atoms with van der Waals surface area (Å²) in [6.45, 7) is 4.02. The molecule has 0 saturated carbocycles. The van der Waals surface area contributed by atoms with E-state index >= 15 is 0 Å². The lowest BCUT2D eigenvalue weighted by Crippen LogP contribution is -2.36. The van der Waals surface area contributed by atoms with Crippen LogP contribution < -0.4 is 21.3 Å². The highest BCUT2D eigenvalue weighted by Gasteiger charge is 2.13. The van der Waals surface area contributed by atoms with Crippen molar-refractivity contribution in [2.24, 2.45) is 0 Å². The first-order valence-corrected chi connectivity index (χ1v) is 10.7. The van der Waals surface area contributed by atoms with Crippen LogP contribution in [0.2, 0.25) is 0 Å². The fourth-order valence-corrected chi connectivity index (χ4v) is 3.32. The zero-order valence-corrected chi connectivity index (χ0v) is 18.8. The Kier molecular flexibility index (Phi) is 8.18. The minimum absolute atomic E-state index is 0.0698. The Morgan fingerprint density at radius 2 is 1.36 bits per heavy atom. The third-order valence-corrected chi connectivity index (χ3v) is 5.10. The molecule has 3 rings (SSSR count). The molecule has 0 aliphatic heterocycles. The number of rotatable bonds is 9. The van der Waals surface area contributed by atoms with Gasteiger partial charge in [-0.15, -0.1) is 0 Å². The minimum Gasteiger partial charge on any atom is -0.376 e. The highest BCUT2D eigenvalue weighted by molar-refractivity contribution is 6.00. The molecule has 0 atom stereocenters. The van der Waals surface area contributed by atoms with Gasteiger partial charge in [-0.2, -0.15) is 0 Å². The van der Waals surface area contributed by atoms with Gasteiger partial charge in [-0.25, -0.2) is 0 Å². The van der Waals surface area contributed by atoms with Crippen LogP contribution in [0.3, 0.4) is 0 Å². The van der Waals surface area contributed by atoms with Crippen molar-refractivity contribution in [2.75, 3.05) is 23.7 Å². The zero-order valence-electron chi connectivity index (χ0n) is 18.8. The largest absolute Gasteiger partial charge is 0.376 e. The van der Waals surface area contributed by atoms with Crippen molar-refractivity contribution < 1.29 is 14.4 Å². The summed E-state index contributed by atoms with van der Waals surface area (Å²) in [6.07, 6.45) is 0. The van der Waals surface area contributed by atoms with E-state index in [4.69, 9.17) is 0 Å². The van der Waals surface area contributed by atoms with Gasteiger partial charge in [0.25, 0.3) is 5.91 Å². The molecule has 0 spiro atoms. The summed E-state index contributed by atoms with van der Waals surface area (Å²) in [5.74, 6) is -0.900. The molecule has 0 fully saturated rings. The van der Waals surface area contributed by atoms with Crippen LogP contribution in [0.1, 0.15) is 27.0 Å². The van der Waals surface area contributed by atoms with E-state index in [1.54, 1.807) is 24.3 Å². The van der Waals surface area contributed by atoms with Crippen LogP contribution in [0.4, 0.5) is 11.4 Å². The highest BCUT2D eigenvalue weighted by Crippen LogP contribution is 2.19. The van der Waals surface area contributed by atoms with Gasteiger partial charge >= 0.3 is 0 Å². The lowest BCUT2D eigenvalue weighted by molar-refractivity contribution is -0.122. The number of aryl methyl sites for hydroxylation is 2. The van der Waals surface area contributed by atoms with Crippen molar-refractivity contribution in [3.63, 3.8) is 0 Å². The van der Waals surface area contributed by atoms with Gasteiger partial charge in [-0.05, 0) is 42.7 Å². The Morgan fingerprint density at radius 1 is 0.697 bits per heavy atom. The third kappa shape index (κ3) is 6.93. The molecule has 170 valence electrons. The van der Waals surface area contributed by atoms with Crippen molar-refractivity contribution in [2.45, 2.75) is 20.4 Å². The molecule has 0 aliphatic carbocycles. The first-order chi connectivity index (χ1) is 15.9. The Morgan fingerprint density at radius 3 is 2.09 bits per heavy atom. The van der Waals surface area contributed by atoms with E-state index in [2.05, 4.69) is 21.3 Å². The number of benzene rings is 3. The molecule has 0 radical (unpaired) electrons. The topological polar surface area (TPSA) is 99.3 Å². The van der Waals surface area contributed by atoms with Gasteiger partial charge in [0.15, 0.2) is 0 Å². The van der Waals surface area contributed by atoms with E-state index < -0.39 is 0 Å². The van der Waals surface area contributed by atoms with E-state index in [-0.39, 0.29) is 30.8 Å². The van der Waals surface area contributed by atoms with Crippen molar-refractivity contribution >= 4 is 29.1 Å². The molecule has 0 aliphatic rings. The minimum atomic E-state index is -0.355. The predicted octanol–water partition coefficient (Wildman–Crippen LogP) is 3.40. The number of anilines is 2. The molecule has 0 bridgehead atoms. The summed E-state index contributed by atoms with van der Waals surface area (Å²) in [6, 6.07) is 22.4. The molecule has 0 unspecified atom stereocenters. The molecular formula is C26H28N4O3. The summed E-state index contributed by atoms with van der Waals surface area (Å²) in [7, 11) is 0. The van der Waals surface area contributed by atoms with Crippen molar-refractivity contribution in [1.29, 1.82) is 0 Å². The van der Waals surface area contributed by atoms with Gasteiger partial charge in [0, 0.05) is 17.9 Å². The van der Waals surface area contributed by atoms with Crippen molar-refractivity contribution in [3.8, 4) is 0 Å². The number of hydrogen-bond donors (Lipinski definition) is 4. The lowest BCUT2D eigenvalue weighted by Gasteiger charge is -2.13. The van der Waals surface area contributed by atoms with Gasteiger partial charge in [-0.1, -0.05) is 60.7 Å². The molecular weight excluding hydrogens is 416 g/mol. The molecule has 7 nitrogen and oxygen atoms in total. The van der Waals surface area contributed by atoms with Gasteiger partial charge in [0.2, 0.25) is 11.8 Å². The quantitative estimate of drug-likeness (QED) is 0.406. The van der Waals surface area contributed by atoms with E-state index in [0.717, 1.165) is 22.4 Å². The third-order valence-electron chi connectivity index (χ3n) is 5.10. The van der Waals surface area contributed by atoms with Crippen molar-refractivity contribution in [3.05, 3.63) is 95.1 Å². The molecule has 33 heavy (non-hydrogen) atoms. The van der Waals surface area contributed by atoms with Crippen LogP contribution in [0, 0.1) is 13.8 Å². The molecule has 0 saturated heterocycles. The molecule has 0 heterocycles. The first-order valence-electron chi connectivity index (χ1n) is 10.7. The Hall–Kier alpha value is -4.13. The van der Waals surface area contributed by atoms with Gasteiger partial charge in [0.05, 0.1) is 18.7 Å². The number of para-hydroxylation sites is 2. The summed E-state index contributed by atoms with van der Waals surface area (Å²) >= 11 is 0. The number of carbonyl (C=O) groups excluding carboxylic acids is 3. The van der Waals surface area contributed by atoms with Crippen LogP contribution in [0.5, 0.6) is 0 Å². The van der Waals surface area contributed by atoms with Crippen LogP contribution in [0.25, 0.3) is 0 Å². The Balaban J connectivity index is 1.49. The van der Waals surface area contributed by atoms with Crippen molar-refractivity contribution in [1.82, 2.24) is 10.6 Å². The van der Waals surface area contributed by atoms with Crippen LogP contribution in [-0.4, -0.2) is 30.8 Å². The van der Waals surface area contributed by atoms with Crippen LogP contribution in [-0.2, 0) is 16.1 Å². The van der Waals surface area contributed by atoms with Gasteiger partial charge in [0.1, 0.15) is 0 Å². The maximum absolute atomic E-state index is 12.6. The average molecular weight is 445 g/mol. The summed E-state index contributed by atoms with van der Waals surface area (Å²) < 4.78 is 0. The second kappa shape index (κ2) is 11.5. The molecule has 3 aromatic rings. The molecule has 7 heteroatoms. The second-order valence-electron chi connectivity index (χ2n) is 7.66. The SMILES string of the molecule is Cc1cccc(C)c1NC(=O)CNC(=O)CNc1ccccc1C(=O)NCc1ccccc1. The summed E-state index contributed by atoms with van der Waals surface area (Å²) in [5, 5.41) is 11.3. The molecule has 4 N–H and O–H groups in total. The maximum Gasteiger partial charge on any atom is 0.253 e. The molecule has 3 amide bonds. The van der Waals surface area contributed by atoms with E-state index in [1.165, 1.54) is 0 Å². The van der Waals surface area contributed by atoms with E-state index in [0.29, 0.717) is 17.8 Å². The number of amides is 3. The Bertz CT molecular complexity index is 1110. The zero-order chi connectivity index (χ0) is 23.6. The van der Waals surface area contributed by atoms with Gasteiger partial charge in [-0.3, -0.25) is 14.4 Å². The number of carbonyl (C=O) groups is 3. The van der Waals surface area contributed by atoms with E-state index in [1.807, 2.05) is 62.4 Å².